The second kappa shape index (κ2) is 4.09. The molecule has 0 aliphatic rings. The van der Waals surface area contributed by atoms with Gasteiger partial charge in [0.05, 0.1) is 16.9 Å². The molecule has 3 aromatic rings. The third kappa shape index (κ3) is 1.79. The molecule has 3 rings (SSSR count). The second-order valence-corrected chi connectivity index (χ2v) is 4.08. The number of anilines is 1. The molecule has 0 atom stereocenters. The highest BCUT2D eigenvalue weighted by molar-refractivity contribution is 5.94. The zero-order valence-electron chi connectivity index (χ0n) is 9.95. The lowest BCUT2D eigenvalue weighted by Gasteiger charge is -2.08. The van der Waals surface area contributed by atoms with E-state index in [0.29, 0.717) is 11.4 Å². The minimum Gasteiger partial charge on any atom is -0.396 e. The quantitative estimate of drug-likeness (QED) is 0.668. The lowest BCUT2D eigenvalue weighted by molar-refractivity contribution is 0.0995. The van der Waals surface area contributed by atoms with Crippen LogP contribution in [0.5, 0.6) is 0 Å². The van der Waals surface area contributed by atoms with E-state index in [1.54, 1.807) is 18.5 Å². The Kier molecular flexibility index (Phi) is 2.42. The fraction of sp³-hybridized carbons (Fsp3) is 0. The molecule has 0 bridgehead atoms. The summed E-state index contributed by atoms with van der Waals surface area (Å²) in [5.41, 5.74) is 13.6. The number of primary amides is 1. The molecule has 2 aromatic heterocycles. The Bertz CT molecular complexity index is 778. The van der Waals surface area contributed by atoms with E-state index in [4.69, 9.17) is 11.5 Å². The molecule has 1 aromatic carbocycles. The summed E-state index contributed by atoms with van der Waals surface area (Å²) in [5, 5.41) is 4.93. The summed E-state index contributed by atoms with van der Waals surface area (Å²) >= 11 is 0. The average molecular weight is 253 g/mol. The van der Waals surface area contributed by atoms with Crippen molar-refractivity contribution in [3.8, 4) is 5.69 Å². The van der Waals surface area contributed by atoms with E-state index in [2.05, 4.69) is 10.1 Å². The monoisotopic (exact) mass is 253 g/mol. The van der Waals surface area contributed by atoms with Crippen molar-refractivity contribution in [1.29, 1.82) is 0 Å². The van der Waals surface area contributed by atoms with Crippen molar-refractivity contribution in [3.63, 3.8) is 0 Å². The van der Waals surface area contributed by atoms with Gasteiger partial charge in [-0.3, -0.25) is 9.78 Å². The zero-order chi connectivity index (χ0) is 13.4. The minimum absolute atomic E-state index is 0.200. The number of benzene rings is 1. The fourth-order valence-electron chi connectivity index (χ4n) is 1.95. The molecule has 1 amide bonds. The van der Waals surface area contributed by atoms with Gasteiger partial charge in [-0.2, -0.15) is 5.10 Å². The molecule has 19 heavy (non-hydrogen) atoms. The molecular weight excluding hydrogens is 242 g/mol. The van der Waals surface area contributed by atoms with Crippen molar-refractivity contribution in [2.75, 3.05) is 5.73 Å². The number of pyridine rings is 1. The van der Waals surface area contributed by atoms with Crippen molar-refractivity contribution in [1.82, 2.24) is 14.8 Å². The van der Waals surface area contributed by atoms with Crippen LogP contribution in [0.3, 0.4) is 0 Å². The van der Waals surface area contributed by atoms with Crippen molar-refractivity contribution in [2.24, 2.45) is 5.73 Å². The van der Waals surface area contributed by atoms with E-state index < -0.39 is 5.91 Å². The van der Waals surface area contributed by atoms with Gasteiger partial charge >= 0.3 is 0 Å². The van der Waals surface area contributed by atoms with Crippen LogP contribution in [0.15, 0.2) is 42.7 Å². The third-order valence-corrected chi connectivity index (χ3v) is 2.89. The molecule has 94 valence electrons. The molecular formula is C13H11N5O. The number of amides is 1. The standard InChI is InChI=1S/C13H11N5O/c14-12-8-2-1-6-16-9(8)3-4-11(12)18-7-5-10(17-18)13(15)19/h1-7H,14H2,(H2,15,19). The number of hydrogen-bond acceptors (Lipinski definition) is 4. The highest BCUT2D eigenvalue weighted by Crippen LogP contribution is 2.25. The number of nitrogens with zero attached hydrogens (tertiary/aromatic N) is 3. The first-order valence-electron chi connectivity index (χ1n) is 5.66. The van der Waals surface area contributed by atoms with E-state index in [-0.39, 0.29) is 5.69 Å². The van der Waals surface area contributed by atoms with Crippen LogP contribution in [-0.4, -0.2) is 20.7 Å². The maximum atomic E-state index is 11.0. The number of nitrogen functional groups attached to an aromatic ring is 1. The SMILES string of the molecule is NC(=O)c1ccn(-c2ccc3ncccc3c2N)n1. The Balaban J connectivity index is 2.19. The summed E-state index contributed by atoms with van der Waals surface area (Å²) in [6.07, 6.45) is 3.36. The van der Waals surface area contributed by atoms with E-state index in [0.717, 1.165) is 10.9 Å². The van der Waals surface area contributed by atoms with Crippen LogP contribution >= 0.6 is 0 Å². The number of hydrogen-bond donors (Lipinski definition) is 2. The number of carbonyl (C=O) groups is 1. The highest BCUT2D eigenvalue weighted by atomic mass is 16.1. The number of fused-ring (bicyclic) bond motifs is 1. The zero-order valence-corrected chi connectivity index (χ0v) is 9.95. The van der Waals surface area contributed by atoms with Crippen LogP contribution in [0.4, 0.5) is 5.69 Å². The molecule has 0 radical (unpaired) electrons. The van der Waals surface area contributed by atoms with Gasteiger partial charge in [-0.25, -0.2) is 4.68 Å². The minimum atomic E-state index is -0.570. The van der Waals surface area contributed by atoms with Gasteiger partial charge in [-0.1, -0.05) is 0 Å². The van der Waals surface area contributed by atoms with Gasteiger partial charge < -0.3 is 11.5 Å². The Morgan fingerprint density at radius 2 is 2.05 bits per heavy atom. The first-order valence-corrected chi connectivity index (χ1v) is 5.66. The summed E-state index contributed by atoms with van der Waals surface area (Å²) in [6.45, 7) is 0. The summed E-state index contributed by atoms with van der Waals surface area (Å²) < 4.78 is 1.53. The van der Waals surface area contributed by atoms with Crippen LogP contribution in [0, 0.1) is 0 Å². The van der Waals surface area contributed by atoms with Crippen LogP contribution in [0.2, 0.25) is 0 Å². The number of rotatable bonds is 2. The Morgan fingerprint density at radius 1 is 1.21 bits per heavy atom. The van der Waals surface area contributed by atoms with Gasteiger partial charge in [0, 0.05) is 17.8 Å². The van der Waals surface area contributed by atoms with E-state index in [1.807, 2.05) is 24.3 Å². The molecule has 0 aliphatic heterocycles. The summed E-state index contributed by atoms with van der Waals surface area (Å²) in [4.78, 5) is 15.3. The van der Waals surface area contributed by atoms with Gasteiger partial charge in [0.25, 0.3) is 5.91 Å². The highest BCUT2D eigenvalue weighted by Gasteiger charge is 2.10. The molecule has 2 heterocycles. The van der Waals surface area contributed by atoms with Crippen LogP contribution in [0.25, 0.3) is 16.6 Å². The maximum absolute atomic E-state index is 11.0. The van der Waals surface area contributed by atoms with E-state index >= 15 is 0 Å². The third-order valence-electron chi connectivity index (χ3n) is 2.89. The normalized spacial score (nSPS) is 10.7. The Labute approximate surface area is 108 Å². The van der Waals surface area contributed by atoms with Crippen molar-refractivity contribution in [3.05, 3.63) is 48.4 Å². The Hall–Kier alpha value is -2.89. The van der Waals surface area contributed by atoms with Gasteiger partial charge in [-0.15, -0.1) is 0 Å². The van der Waals surface area contributed by atoms with Gasteiger partial charge in [0.15, 0.2) is 0 Å². The predicted molar refractivity (Wildman–Crippen MR) is 71.8 cm³/mol. The molecule has 0 unspecified atom stereocenters. The molecule has 6 heteroatoms. The smallest absolute Gasteiger partial charge is 0.269 e. The van der Waals surface area contributed by atoms with Crippen LogP contribution in [0.1, 0.15) is 10.5 Å². The van der Waals surface area contributed by atoms with Gasteiger partial charge in [0.1, 0.15) is 5.69 Å². The molecule has 0 aliphatic carbocycles. The number of aromatic nitrogens is 3. The van der Waals surface area contributed by atoms with Crippen molar-refractivity contribution in [2.45, 2.75) is 0 Å². The second-order valence-electron chi connectivity index (χ2n) is 4.08. The summed E-state index contributed by atoms with van der Waals surface area (Å²) in [7, 11) is 0. The number of carbonyl (C=O) groups excluding carboxylic acids is 1. The topological polar surface area (TPSA) is 99.8 Å². The van der Waals surface area contributed by atoms with Gasteiger partial charge in [0.2, 0.25) is 0 Å². The first-order chi connectivity index (χ1) is 9.16. The molecule has 0 saturated heterocycles. The first kappa shape index (κ1) is 11.2. The maximum Gasteiger partial charge on any atom is 0.269 e. The van der Waals surface area contributed by atoms with E-state index in [1.165, 1.54) is 4.68 Å². The molecule has 0 fully saturated rings. The van der Waals surface area contributed by atoms with E-state index in [9.17, 15) is 4.79 Å². The molecule has 6 nitrogen and oxygen atoms in total. The number of nitrogens with two attached hydrogens (primary N) is 2. The molecule has 0 spiro atoms. The lowest BCUT2D eigenvalue weighted by Crippen LogP contribution is -2.12. The predicted octanol–water partition coefficient (Wildman–Crippen LogP) is 1.10. The fourth-order valence-corrected chi connectivity index (χ4v) is 1.95. The average Bonchev–Trinajstić information content (AvgIpc) is 2.89. The summed E-state index contributed by atoms with van der Waals surface area (Å²) in [6, 6.07) is 8.92. The Morgan fingerprint density at radius 3 is 2.79 bits per heavy atom. The summed E-state index contributed by atoms with van der Waals surface area (Å²) in [5.74, 6) is -0.570. The molecule has 0 saturated carbocycles. The van der Waals surface area contributed by atoms with Crippen LogP contribution in [-0.2, 0) is 0 Å². The molecule has 4 N–H and O–H groups in total. The van der Waals surface area contributed by atoms with Gasteiger partial charge in [-0.05, 0) is 30.3 Å². The lowest BCUT2D eigenvalue weighted by atomic mass is 10.1. The van der Waals surface area contributed by atoms with Crippen molar-refractivity contribution < 1.29 is 4.79 Å². The van der Waals surface area contributed by atoms with Crippen molar-refractivity contribution >= 4 is 22.5 Å². The largest absolute Gasteiger partial charge is 0.396 e. The van der Waals surface area contributed by atoms with Crippen LogP contribution < -0.4 is 11.5 Å².